The molecule has 0 atom stereocenters. The fourth-order valence-electron chi connectivity index (χ4n) is 1.90. The zero-order valence-electron chi connectivity index (χ0n) is 10.2. The number of Topliss-reactive ketones (excluding diaryl/α,β-unsaturated/α-hetero) is 1. The van der Waals surface area contributed by atoms with Gasteiger partial charge in [-0.3, -0.25) is 4.79 Å². The molecule has 3 nitrogen and oxygen atoms in total. The Kier molecular flexibility index (Phi) is 4.15. The summed E-state index contributed by atoms with van der Waals surface area (Å²) in [5.41, 5.74) is 0.729. The maximum atomic E-state index is 12.1. The molecule has 2 rings (SSSR count). The second-order valence-corrected chi connectivity index (χ2v) is 4.50. The summed E-state index contributed by atoms with van der Waals surface area (Å²) in [6.07, 6.45) is 1.58. The van der Waals surface area contributed by atoms with Crippen LogP contribution in [0.1, 0.15) is 30.1 Å². The van der Waals surface area contributed by atoms with Crippen molar-refractivity contribution in [2.75, 3.05) is 19.7 Å². The van der Waals surface area contributed by atoms with Crippen LogP contribution in [-0.2, 0) is 0 Å². The molecule has 1 aromatic carbocycles. The third-order valence-corrected chi connectivity index (χ3v) is 2.99. The molecule has 17 heavy (non-hydrogen) atoms. The van der Waals surface area contributed by atoms with Crippen LogP contribution in [0.15, 0.2) is 24.3 Å². The van der Waals surface area contributed by atoms with Crippen LogP contribution >= 0.6 is 0 Å². The van der Waals surface area contributed by atoms with E-state index in [-0.39, 0.29) is 5.78 Å². The van der Waals surface area contributed by atoms with E-state index in [2.05, 4.69) is 12.2 Å². The van der Waals surface area contributed by atoms with Crippen LogP contribution in [0.25, 0.3) is 0 Å². The number of hydrogen-bond donors (Lipinski definition) is 1. The van der Waals surface area contributed by atoms with E-state index in [1.807, 2.05) is 24.3 Å². The Morgan fingerprint density at radius 3 is 2.82 bits per heavy atom. The van der Waals surface area contributed by atoms with Gasteiger partial charge in [0.15, 0.2) is 5.78 Å². The summed E-state index contributed by atoms with van der Waals surface area (Å²) in [6, 6.07) is 7.54. The molecule has 3 heteroatoms. The number of carbonyl (C=O) groups is 1. The van der Waals surface area contributed by atoms with Crippen LogP contribution in [0.3, 0.4) is 0 Å². The van der Waals surface area contributed by atoms with Crippen molar-refractivity contribution in [2.24, 2.45) is 5.92 Å². The third kappa shape index (κ3) is 3.07. The fourth-order valence-corrected chi connectivity index (χ4v) is 1.90. The van der Waals surface area contributed by atoms with Gasteiger partial charge in [-0.1, -0.05) is 19.1 Å². The van der Waals surface area contributed by atoms with Crippen molar-refractivity contribution < 1.29 is 9.53 Å². The van der Waals surface area contributed by atoms with E-state index < -0.39 is 0 Å². The molecule has 0 amide bonds. The summed E-state index contributed by atoms with van der Waals surface area (Å²) >= 11 is 0. The van der Waals surface area contributed by atoms with E-state index in [1.54, 1.807) is 0 Å². The number of benzene rings is 1. The summed E-state index contributed by atoms with van der Waals surface area (Å²) in [6.45, 7) is 4.65. The lowest BCUT2D eigenvalue weighted by molar-refractivity contribution is 0.0941. The molecule has 92 valence electrons. The Balaban J connectivity index is 2.04. The van der Waals surface area contributed by atoms with Crippen molar-refractivity contribution in [2.45, 2.75) is 19.8 Å². The predicted octanol–water partition coefficient (Wildman–Crippen LogP) is 2.27. The highest BCUT2D eigenvalue weighted by Gasteiger charge is 2.22. The lowest BCUT2D eigenvalue weighted by Gasteiger charge is -2.26. The molecule has 1 N–H and O–H groups in total. The molecule has 0 aliphatic carbocycles. The van der Waals surface area contributed by atoms with E-state index >= 15 is 0 Å². The molecule has 1 fully saturated rings. The highest BCUT2D eigenvalue weighted by Crippen LogP contribution is 2.22. The van der Waals surface area contributed by atoms with E-state index in [4.69, 9.17) is 4.74 Å². The Morgan fingerprint density at radius 1 is 1.41 bits per heavy atom. The van der Waals surface area contributed by atoms with E-state index in [9.17, 15) is 4.79 Å². The molecule has 1 saturated heterocycles. The van der Waals surface area contributed by atoms with E-state index in [0.29, 0.717) is 18.9 Å². The average molecular weight is 233 g/mol. The SMILES string of the molecule is CCCOc1ccccc1C(=O)CC1CNC1. The van der Waals surface area contributed by atoms with Gasteiger partial charge in [-0.2, -0.15) is 0 Å². The molecule has 1 aliphatic rings. The molecular weight excluding hydrogens is 214 g/mol. The van der Waals surface area contributed by atoms with Crippen LogP contribution in [-0.4, -0.2) is 25.5 Å². The third-order valence-electron chi connectivity index (χ3n) is 2.99. The number of carbonyl (C=O) groups excluding carboxylic acids is 1. The highest BCUT2D eigenvalue weighted by molar-refractivity contribution is 5.98. The largest absolute Gasteiger partial charge is 0.493 e. The van der Waals surface area contributed by atoms with Crippen LogP contribution in [0, 0.1) is 5.92 Å². The fraction of sp³-hybridized carbons (Fsp3) is 0.500. The first-order valence-electron chi connectivity index (χ1n) is 6.27. The van der Waals surface area contributed by atoms with Crippen molar-refractivity contribution in [1.82, 2.24) is 5.32 Å². The maximum absolute atomic E-state index is 12.1. The average Bonchev–Trinajstić information content (AvgIpc) is 2.31. The quantitative estimate of drug-likeness (QED) is 0.766. The number of nitrogens with one attached hydrogen (secondary N) is 1. The van der Waals surface area contributed by atoms with Crippen molar-refractivity contribution in [3.63, 3.8) is 0 Å². The molecule has 1 aliphatic heterocycles. The molecule has 0 radical (unpaired) electrons. The number of rotatable bonds is 6. The minimum Gasteiger partial charge on any atom is -0.493 e. The Bertz CT molecular complexity index is 386. The van der Waals surface area contributed by atoms with Gasteiger partial charge in [0.1, 0.15) is 5.75 Å². The minimum atomic E-state index is 0.197. The van der Waals surface area contributed by atoms with Gasteiger partial charge in [0.25, 0.3) is 0 Å². The maximum Gasteiger partial charge on any atom is 0.166 e. The molecular formula is C14H19NO2. The Hall–Kier alpha value is -1.35. The standard InChI is InChI=1S/C14H19NO2/c1-2-7-17-14-6-4-3-5-12(14)13(16)8-11-9-15-10-11/h3-6,11,15H,2,7-10H2,1H3. The van der Waals surface area contributed by atoms with Crippen LogP contribution < -0.4 is 10.1 Å². The number of ketones is 1. The zero-order valence-corrected chi connectivity index (χ0v) is 10.2. The van der Waals surface area contributed by atoms with Gasteiger partial charge < -0.3 is 10.1 Å². The number of para-hydroxylation sites is 1. The zero-order chi connectivity index (χ0) is 12.1. The molecule has 0 spiro atoms. The first kappa shape index (κ1) is 12.1. The topological polar surface area (TPSA) is 38.3 Å². The first-order valence-corrected chi connectivity index (χ1v) is 6.27. The highest BCUT2D eigenvalue weighted by atomic mass is 16.5. The molecule has 1 aromatic rings. The van der Waals surface area contributed by atoms with Gasteiger partial charge in [0.2, 0.25) is 0 Å². The van der Waals surface area contributed by atoms with E-state index in [0.717, 1.165) is 30.8 Å². The van der Waals surface area contributed by atoms with Gasteiger partial charge in [0, 0.05) is 6.42 Å². The van der Waals surface area contributed by atoms with Crippen molar-refractivity contribution in [1.29, 1.82) is 0 Å². The predicted molar refractivity (Wildman–Crippen MR) is 67.5 cm³/mol. The lowest BCUT2D eigenvalue weighted by atomic mass is 9.93. The molecule has 0 aromatic heterocycles. The molecule has 0 bridgehead atoms. The molecule has 1 heterocycles. The van der Waals surface area contributed by atoms with Crippen molar-refractivity contribution >= 4 is 5.78 Å². The number of ether oxygens (including phenoxy) is 1. The second-order valence-electron chi connectivity index (χ2n) is 4.50. The molecule has 0 unspecified atom stereocenters. The van der Waals surface area contributed by atoms with Crippen molar-refractivity contribution in [3.8, 4) is 5.75 Å². The van der Waals surface area contributed by atoms with Gasteiger partial charge in [-0.15, -0.1) is 0 Å². The lowest BCUT2D eigenvalue weighted by Crippen LogP contribution is -2.42. The summed E-state index contributed by atoms with van der Waals surface area (Å²) < 4.78 is 5.60. The minimum absolute atomic E-state index is 0.197. The summed E-state index contributed by atoms with van der Waals surface area (Å²) in [7, 11) is 0. The monoisotopic (exact) mass is 233 g/mol. The summed E-state index contributed by atoms with van der Waals surface area (Å²) in [5.74, 6) is 1.43. The van der Waals surface area contributed by atoms with Crippen LogP contribution in [0.2, 0.25) is 0 Å². The van der Waals surface area contributed by atoms with Crippen LogP contribution in [0.5, 0.6) is 5.75 Å². The summed E-state index contributed by atoms with van der Waals surface area (Å²) in [5, 5.41) is 3.18. The van der Waals surface area contributed by atoms with E-state index in [1.165, 1.54) is 0 Å². The van der Waals surface area contributed by atoms with Gasteiger partial charge in [-0.05, 0) is 37.6 Å². The van der Waals surface area contributed by atoms with Gasteiger partial charge in [-0.25, -0.2) is 0 Å². The van der Waals surface area contributed by atoms with Gasteiger partial charge >= 0.3 is 0 Å². The van der Waals surface area contributed by atoms with Crippen molar-refractivity contribution in [3.05, 3.63) is 29.8 Å². The Morgan fingerprint density at radius 2 is 2.18 bits per heavy atom. The molecule has 0 saturated carbocycles. The first-order chi connectivity index (χ1) is 8.31. The van der Waals surface area contributed by atoms with Gasteiger partial charge in [0.05, 0.1) is 12.2 Å². The Labute approximate surface area is 102 Å². The smallest absolute Gasteiger partial charge is 0.166 e. The second kappa shape index (κ2) is 5.82. The van der Waals surface area contributed by atoms with Crippen LogP contribution in [0.4, 0.5) is 0 Å². The summed E-state index contributed by atoms with van der Waals surface area (Å²) in [4.78, 5) is 12.1. The number of hydrogen-bond acceptors (Lipinski definition) is 3. The normalized spacial score (nSPS) is 15.4.